The molecular formula is C13H16N2O5. The quantitative estimate of drug-likeness (QED) is 0.613. The maximum absolute atomic E-state index is 11.5. The maximum atomic E-state index is 11.5. The van der Waals surface area contributed by atoms with Gasteiger partial charge in [0, 0.05) is 6.54 Å². The summed E-state index contributed by atoms with van der Waals surface area (Å²) in [7, 11) is 0. The molecule has 0 spiro atoms. The predicted octanol–water partition coefficient (Wildman–Crippen LogP) is 0.722. The molecule has 7 heteroatoms. The summed E-state index contributed by atoms with van der Waals surface area (Å²) in [6.45, 7) is 2.17. The van der Waals surface area contributed by atoms with Crippen molar-refractivity contribution < 1.29 is 24.6 Å². The molecule has 1 atom stereocenters. The Labute approximate surface area is 115 Å². The lowest BCUT2D eigenvalue weighted by atomic mass is 10.1. The lowest BCUT2D eigenvalue weighted by molar-refractivity contribution is -0.145. The van der Waals surface area contributed by atoms with E-state index >= 15 is 0 Å². The number of carbonyl (C=O) groups is 3. The Hall–Kier alpha value is -2.57. The minimum atomic E-state index is -1.45. The molecule has 0 aliphatic heterocycles. The predicted molar refractivity (Wildman–Crippen MR) is 70.2 cm³/mol. The van der Waals surface area contributed by atoms with E-state index in [4.69, 9.17) is 10.2 Å². The maximum Gasteiger partial charge on any atom is 0.326 e. The summed E-state index contributed by atoms with van der Waals surface area (Å²) >= 11 is 0. The van der Waals surface area contributed by atoms with Gasteiger partial charge in [0.15, 0.2) is 0 Å². The molecule has 0 fully saturated rings. The molecule has 0 saturated heterocycles. The molecule has 0 unspecified atom stereocenters. The number of aliphatic carboxylic acids is 2. The van der Waals surface area contributed by atoms with Crippen molar-refractivity contribution in [3.8, 4) is 0 Å². The summed E-state index contributed by atoms with van der Waals surface area (Å²) < 4.78 is 0. The minimum Gasteiger partial charge on any atom is -0.481 e. The zero-order valence-corrected chi connectivity index (χ0v) is 10.9. The fourth-order valence-electron chi connectivity index (χ4n) is 1.47. The molecule has 7 nitrogen and oxygen atoms in total. The van der Waals surface area contributed by atoms with Crippen LogP contribution in [0.2, 0.25) is 0 Å². The number of hydrogen-bond donors (Lipinski definition) is 4. The van der Waals surface area contributed by atoms with E-state index in [0.29, 0.717) is 0 Å². The van der Waals surface area contributed by atoms with Gasteiger partial charge in [-0.25, -0.2) is 9.59 Å². The van der Waals surface area contributed by atoms with Gasteiger partial charge in [-0.3, -0.25) is 4.79 Å². The topological polar surface area (TPSA) is 116 Å². The van der Waals surface area contributed by atoms with Crippen LogP contribution >= 0.6 is 0 Å². The molecule has 4 N–H and O–H groups in total. The van der Waals surface area contributed by atoms with Crippen molar-refractivity contribution in [3.05, 3.63) is 35.4 Å². The van der Waals surface area contributed by atoms with E-state index in [2.05, 4.69) is 10.6 Å². The molecule has 2 amide bonds. The number of carboxylic acids is 2. The molecule has 1 aromatic rings. The molecule has 0 aliphatic rings. The second kappa shape index (κ2) is 7.13. The van der Waals surface area contributed by atoms with E-state index in [1.54, 1.807) is 0 Å². The van der Waals surface area contributed by atoms with E-state index in [-0.39, 0.29) is 6.54 Å². The van der Waals surface area contributed by atoms with E-state index in [1.165, 1.54) is 0 Å². The Morgan fingerprint density at radius 1 is 1.15 bits per heavy atom. The number of urea groups is 1. The van der Waals surface area contributed by atoms with E-state index in [1.807, 2.05) is 31.2 Å². The van der Waals surface area contributed by atoms with Crippen LogP contribution < -0.4 is 10.6 Å². The SMILES string of the molecule is Cc1ccc(CNC(=O)N[C@@H](CC(=O)O)C(=O)O)cc1. The summed E-state index contributed by atoms with van der Waals surface area (Å²) in [5.74, 6) is -2.69. The van der Waals surface area contributed by atoms with Crippen molar-refractivity contribution in [2.24, 2.45) is 0 Å². The molecule has 0 saturated carbocycles. The van der Waals surface area contributed by atoms with Crippen molar-refractivity contribution in [2.75, 3.05) is 0 Å². The van der Waals surface area contributed by atoms with Crippen LogP contribution in [0.5, 0.6) is 0 Å². The van der Waals surface area contributed by atoms with Crippen LogP contribution in [-0.2, 0) is 16.1 Å². The van der Waals surface area contributed by atoms with Crippen molar-refractivity contribution in [2.45, 2.75) is 25.9 Å². The third-order valence-corrected chi connectivity index (χ3v) is 2.56. The van der Waals surface area contributed by atoms with Gasteiger partial charge in [-0.2, -0.15) is 0 Å². The number of rotatable bonds is 6. The van der Waals surface area contributed by atoms with Crippen LogP contribution in [0.15, 0.2) is 24.3 Å². The summed E-state index contributed by atoms with van der Waals surface area (Å²) in [6, 6.07) is 5.27. The summed E-state index contributed by atoms with van der Waals surface area (Å²) in [5.41, 5.74) is 1.95. The van der Waals surface area contributed by atoms with E-state index in [0.717, 1.165) is 11.1 Å². The van der Waals surface area contributed by atoms with Crippen molar-refractivity contribution in [1.29, 1.82) is 0 Å². The van der Waals surface area contributed by atoms with Gasteiger partial charge in [0.05, 0.1) is 6.42 Å². The van der Waals surface area contributed by atoms with Gasteiger partial charge in [0.25, 0.3) is 0 Å². The summed E-state index contributed by atoms with van der Waals surface area (Å²) in [6.07, 6.45) is -0.673. The highest BCUT2D eigenvalue weighted by Gasteiger charge is 2.22. The van der Waals surface area contributed by atoms with Crippen LogP contribution in [-0.4, -0.2) is 34.2 Å². The van der Waals surface area contributed by atoms with Gasteiger partial charge in [-0.1, -0.05) is 29.8 Å². The fraction of sp³-hybridized carbons (Fsp3) is 0.308. The summed E-state index contributed by atoms with van der Waals surface area (Å²) in [5, 5.41) is 21.9. The first kappa shape index (κ1) is 15.5. The first-order valence-corrected chi connectivity index (χ1v) is 5.93. The van der Waals surface area contributed by atoms with Crippen LogP contribution in [0.1, 0.15) is 17.5 Å². The van der Waals surface area contributed by atoms with Crippen molar-refractivity contribution in [3.63, 3.8) is 0 Å². The molecule has 1 rings (SSSR count). The van der Waals surface area contributed by atoms with Gasteiger partial charge in [-0.15, -0.1) is 0 Å². The van der Waals surface area contributed by atoms with Gasteiger partial charge in [0.1, 0.15) is 6.04 Å². The van der Waals surface area contributed by atoms with Crippen LogP contribution in [0.25, 0.3) is 0 Å². The average molecular weight is 280 g/mol. The zero-order chi connectivity index (χ0) is 15.1. The molecular weight excluding hydrogens is 264 g/mol. The lowest BCUT2D eigenvalue weighted by Gasteiger charge is -2.13. The Bertz CT molecular complexity index is 498. The van der Waals surface area contributed by atoms with Crippen LogP contribution in [0.4, 0.5) is 4.79 Å². The monoisotopic (exact) mass is 280 g/mol. The van der Waals surface area contributed by atoms with Crippen LogP contribution in [0, 0.1) is 6.92 Å². The molecule has 1 aromatic carbocycles. The first-order chi connectivity index (χ1) is 9.38. The second-order valence-electron chi connectivity index (χ2n) is 4.30. The largest absolute Gasteiger partial charge is 0.481 e. The minimum absolute atomic E-state index is 0.228. The van der Waals surface area contributed by atoms with Crippen LogP contribution in [0.3, 0.4) is 0 Å². The number of amides is 2. The number of hydrogen-bond acceptors (Lipinski definition) is 3. The van der Waals surface area contributed by atoms with E-state index < -0.39 is 30.4 Å². The normalized spacial score (nSPS) is 11.4. The molecule has 108 valence electrons. The van der Waals surface area contributed by atoms with Gasteiger partial charge >= 0.3 is 18.0 Å². The Balaban J connectivity index is 2.47. The molecule has 0 radical (unpaired) electrons. The second-order valence-corrected chi connectivity index (χ2v) is 4.30. The molecule has 0 bridgehead atoms. The molecule has 0 aliphatic carbocycles. The van der Waals surface area contributed by atoms with Crippen molar-refractivity contribution >= 4 is 18.0 Å². The molecule has 0 aromatic heterocycles. The molecule has 20 heavy (non-hydrogen) atoms. The van der Waals surface area contributed by atoms with Gasteiger partial charge in [0.2, 0.25) is 0 Å². The third-order valence-electron chi connectivity index (χ3n) is 2.56. The van der Waals surface area contributed by atoms with Gasteiger partial charge < -0.3 is 20.8 Å². The zero-order valence-electron chi connectivity index (χ0n) is 10.9. The Morgan fingerprint density at radius 2 is 1.75 bits per heavy atom. The summed E-state index contributed by atoms with van der Waals surface area (Å²) in [4.78, 5) is 32.7. The average Bonchev–Trinajstić information content (AvgIpc) is 2.36. The highest BCUT2D eigenvalue weighted by Crippen LogP contribution is 2.02. The Kier molecular flexibility index (Phi) is 5.52. The molecule has 0 heterocycles. The first-order valence-electron chi connectivity index (χ1n) is 5.93. The Morgan fingerprint density at radius 3 is 2.25 bits per heavy atom. The lowest BCUT2D eigenvalue weighted by Crippen LogP contribution is -2.46. The van der Waals surface area contributed by atoms with E-state index in [9.17, 15) is 14.4 Å². The fourth-order valence-corrected chi connectivity index (χ4v) is 1.47. The van der Waals surface area contributed by atoms with Crippen molar-refractivity contribution in [1.82, 2.24) is 10.6 Å². The highest BCUT2D eigenvalue weighted by molar-refractivity contribution is 5.86. The smallest absolute Gasteiger partial charge is 0.326 e. The number of aryl methyl sites for hydroxylation is 1. The number of carboxylic acid groups (broad SMARTS) is 2. The number of benzene rings is 1. The highest BCUT2D eigenvalue weighted by atomic mass is 16.4. The third kappa shape index (κ3) is 5.38. The standard InChI is InChI=1S/C13H16N2O5/c1-8-2-4-9(5-3-8)7-14-13(20)15-10(12(18)19)6-11(16)17/h2-5,10H,6-7H2,1H3,(H,16,17)(H,18,19)(H2,14,15,20)/t10-/m0/s1. The number of carbonyl (C=O) groups excluding carboxylic acids is 1. The van der Waals surface area contributed by atoms with Gasteiger partial charge in [-0.05, 0) is 12.5 Å². The number of nitrogens with one attached hydrogen (secondary N) is 2.